The third kappa shape index (κ3) is 3.44. The van der Waals surface area contributed by atoms with Gasteiger partial charge in [0.05, 0.1) is 6.10 Å². The SMILES string of the molecule is CC1=C(C(=O)CC(O)C(C)(C)C)C(C)(C)CCC1. The maximum absolute atomic E-state index is 12.5. The topological polar surface area (TPSA) is 37.3 Å². The highest BCUT2D eigenvalue weighted by atomic mass is 16.3. The zero-order valence-corrected chi connectivity index (χ0v) is 12.8. The smallest absolute Gasteiger partial charge is 0.161 e. The first-order valence-corrected chi connectivity index (χ1v) is 6.97. The van der Waals surface area contributed by atoms with Gasteiger partial charge in [0.1, 0.15) is 0 Å². The van der Waals surface area contributed by atoms with Crippen molar-refractivity contribution in [2.45, 2.75) is 73.3 Å². The van der Waals surface area contributed by atoms with Crippen molar-refractivity contribution in [3.05, 3.63) is 11.1 Å². The van der Waals surface area contributed by atoms with E-state index in [0.29, 0.717) is 0 Å². The lowest BCUT2D eigenvalue weighted by Gasteiger charge is -2.35. The van der Waals surface area contributed by atoms with Crippen molar-refractivity contribution in [2.24, 2.45) is 10.8 Å². The van der Waals surface area contributed by atoms with E-state index in [1.54, 1.807) is 0 Å². The molecule has 0 saturated heterocycles. The molecule has 0 spiro atoms. The fraction of sp³-hybridized carbons (Fsp3) is 0.812. The van der Waals surface area contributed by atoms with Crippen molar-refractivity contribution in [1.29, 1.82) is 0 Å². The highest BCUT2D eigenvalue weighted by Crippen LogP contribution is 2.41. The summed E-state index contributed by atoms with van der Waals surface area (Å²) in [7, 11) is 0. The number of allylic oxidation sites excluding steroid dienone is 2. The molecule has 1 aliphatic carbocycles. The Morgan fingerprint density at radius 3 is 2.39 bits per heavy atom. The molecule has 1 rings (SSSR count). The fourth-order valence-electron chi connectivity index (χ4n) is 2.82. The molecule has 0 aromatic carbocycles. The molecule has 1 N–H and O–H groups in total. The van der Waals surface area contributed by atoms with E-state index >= 15 is 0 Å². The minimum atomic E-state index is -0.567. The Bertz CT molecular complexity index is 356. The molecule has 0 saturated carbocycles. The van der Waals surface area contributed by atoms with Crippen LogP contribution in [0.5, 0.6) is 0 Å². The van der Waals surface area contributed by atoms with Gasteiger partial charge in [0.25, 0.3) is 0 Å². The van der Waals surface area contributed by atoms with Crippen LogP contribution < -0.4 is 0 Å². The first-order valence-electron chi connectivity index (χ1n) is 6.97. The van der Waals surface area contributed by atoms with Crippen LogP contribution in [0.2, 0.25) is 0 Å². The Kier molecular flexibility index (Phi) is 4.42. The van der Waals surface area contributed by atoms with Gasteiger partial charge in [-0.05, 0) is 42.6 Å². The maximum atomic E-state index is 12.5. The lowest BCUT2D eigenvalue weighted by atomic mass is 9.70. The summed E-state index contributed by atoms with van der Waals surface area (Å²) in [6.07, 6.45) is 2.94. The summed E-state index contributed by atoms with van der Waals surface area (Å²) in [5.41, 5.74) is 1.93. The van der Waals surface area contributed by atoms with E-state index in [2.05, 4.69) is 20.8 Å². The molecule has 2 heteroatoms. The van der Waals surface area contributed by atoms with Crippen LogP contribution in [-0.4, -0.2) is 17.0 Å². The maximum Gasteiger partial charge on any atom is 0.161 e. The van der Waals surface area contributed by atoms with Crippen LogP contribution in [-0.2, 0) is 4.79 Å². The average Bonchev–Trinajstić information content (AvgIpc) is 2.13. The number of hydrogen-bond acceptors (Lipinski definition) is 2. The molecule has 104 valence electrons. The van der Waals surface area contributed by atoms with Crippen LogP contribution in [0.3, 0.4) is 0 Å². The summed E-state index contributed by atoms with van der Waals surface area (Å²) in [6, 6.07) is 0. The summed E-state index contributed by atoms with van der Waals surface area (Å²) in [5, 5.41) is 10.1. The van der Waals surface area contributed by atoms with E-state index in [-0.39, 0.29) is 23.0 Å². The second-order valence-electron chi connectivity index (χ2n) is 7.40. The molecule has 2 nitrogen and oxygen atoms in total. The van der Waals surface area contributed by atoms with Gasteiger partial charge in [-0.2, -0.15) is 0 Å². The molecular weight excluding hydrogens is 224 g/mol. The predicted octanol–water partition coefficient (Wildman–Crippen LogP) is 3.88. The summed E-state index contributed by atoms with van der Waals surface area (Å²) < 4.78 is 0. The minimum absolute atomic E-state index is 0.0307. The standard InChI is InChI=1S/C16H28O2/c1-11-8-7-9-16(5,6)14(11)12(17)10-13(18)15(2,3)4/h13,18H,7-10H2,1-6H3. The molecule has 0 aliphatic heterocycles. The van der Waals surface area contributed by atoms with E-state index in [1.807, 2.05) is 20.8 Å². The predicted molar refractivity (Wildman–Crippen MR) is 75.4 cm³/mol. The van der Waals surface area contributed by atoms with Crippen LogP contribution in [0, 0.1) is 10.8 Å². The number of Topliss-reactive ketones (excluding diaryl/α,β-unsaturated/α-hetero) is 1. The van der Waals surface area contributed by atoms with Crippen molar-refractivity contribution in [3.63, 3.8) is 0 Å². The van der Waals surface area contributed by atoms with Gasteiger partial charge in [0, 0.05) is 6.42 Å². The highest BCUT2D eigenvalue weighted by Gasteiger charge is 2.35. The molecule has 18 heavy (non-hydrogen) atoms. The molecule has 0 amide bonds. The van der Waals surface area contributed by atoms with Crippen LogP contribution >= 0.6 is 0 Å². The van der Waals surface area contributed by atoms with Crippen molar-refractivity contribution >= 4 is 5.78 Å². The molecule has 0 bridgehead atoms. The summed E-state index contributed by atoms with van der Waals surface area (Å²) >= 11 is 0. The van der Waals surface area contributed by atoms with Gasteiger partial charge in [0.15, 0.2) is 5.78 Å². The number of ketones is 1. The van der Waals surface area contributed by atoms with E-state index in [9.17, 15) is 9.90 Å². The largest absolute Gasteiger partial charge is 0.392 e. The highest BCUT2D eigenvalue weighted by molar-refractivity contribution is 5.97. The van der Waals surface area contributed by atoms with Gasteiger partial charge in [-0.1, -0.05) is 40.2 Å². The summed E-state index contributed by atoms with van der Waals surface area (Å²) in [6.45, 7) is 12.3. The minimum Gasteiger partial charge on any atom is -0.392 e. The third-order valence-electron chi connectivity index (χ3n) is 4.11. The molecule has 0 aromatic heterocycles. The zero-order chi connectivity index (χ0) is 14.1. The molecule has 1 aliphatic rings. The number of aliphatic hydroxyl groups excluding tert-OH is 1. The van der Waals surface area contributed by atoms with Crippen LogP contribution in [0.4, 0.5) is 0 Å². The molecule has 0 radical (unpaired) electrons. The van der Waals surface area contributed by atoms with E-state index < -0.39 is 6.10 Å². The van der Waals surface area contributed by atoms with Crippen molar-refractivity contribution in [3.8, 4) is 0 Å². The summed E-state index contributed by atoms with van der Waals surface area (Å²) in [4.78, 5) is 12.5. The fourth-order valence-corrected chi connectivity index (χ4v) is 2.82. The Labute approximate surface area is 111 Å². The second-order valence-corrected chi connectivity index (χ2v) is 7.40. The summed E-state index contributed by atoms with van der Waals surface area (Å²) in [5.74, 6) is 0.139. The van der Waals surface area contributed by atoms with Crippen molar-refractivity contribution < 1.29 is 9.90 Å². The number of aliphatic hydroxyl groups is 1. The Morgan fingerprint density at radius 1 is 1.39 bits per heavy atom. The molecule has 1 atom stereocenters. The van der Waals surface area contributed by atoms with E-state index in [0.717, 1.165) is 24.8 Å². The quantitative estimate of drug-likeness (QED) is 0.827. The first-order chi connectivity index (χ1) is 8.05. The molecule has 1 unspecified atom stereocenters. The normalized spacial score (nSPS) is 21.9. The Hall–Kier alpha value is -0.630. The Morgan fingerprint density at radius 2 is 1.94 bits per heavy atom. The van der Waals surface area contributed by atoms with Gasteiger partial charge in [-0.25, -0.2) is 0 Å². The van der Waals surface area contributed by atoms with Crippen LogP contribution in [0.15, 0.2) is 11.1 Å². The Balaban J connectivity index is 2.90. The molecule has 0 fully saturated rings. The monoisotopic (exact) mass is 252 g/mol. The van der Waals surface area contributed by atoms with Gasteiger partial charge >= 0.3 is 0 Å². The van der Waals surface area contributed by atoms with E-state index in [4.69, 9.17) is 0 Å². The third-order valence-corrected chi connectivity index (χ3v) is 4.11. The number of hydrogen-bond donors (Lipinski definition) is 1. The number of carbonyl (C=O) groups is 1. The zero-order valence-electron chi connectivity index (χ0n) is 12.8. The molecule has 0 aromatic rings. The molecular formula is C16H28O2. The molecule has 0 heterocycles. The first kappa shape index (κ1) is 15.4. The lowest BCUT2D eigenvalue weighted by Crippen LogP contribution is -2.33. The van der Waals surface area contributed by atoms with Gasteiger partial charge < -0.3 is 5.11 Å². The van der Waals surface area contributed by atoms with Crippen LogP contribution in [0.25, 0.3) is 0 Å². The average molecular weight is 252 g/mol. The van der Waals surface area contributed by atoms with Crippen molar-refractivity contribution in [1.82, 2.24) is 0 Å². The van der Waals surface area contributed by atoms with E-state index in [1.165, 1.54) is 5.57 Å². The van der Waals surface area contributed by atoms with Gasteiger partial charge in [0.2, 0.25) is 0 Å². The van der Waals surface area contributed by atoms with Gasteiger partial charge in [-0.15, -0.1) is 0 Å². The lowest BCUT2D eigenvalue weighted by molar-refractivity contribution is -0.120. The number of carbonyl (C=O) groups excluding carboxylic acids is 1. The number of rotatable bonds is 3. The van der Waals surface area contributed by atoms with Crippen molar-refractivity contribution in [2.75, 3.05) is 0 Å². The van der Waals surface area contributed by atoms with Crippen LogP contribution in [0.1, 0.15) is 67.2 Å². The van der Waals surface area contributed by atoms with Gasteiger partial charge in [-0.3, -0.25) is 4.79 Å². The second kappa shape index (κ2) is 5.16.